The molecule has 98 valence electrons. The molecule has 0 bridgehead atoms. The van der Waals surface area contributed by atoms with Gasteiger partial charge in [0, 0.05) is 35.3 Å². The topological polar surface area (TPSA) is 23.6 Å². The van der Waals surface area contributed by atoms with Gasteiger partial charge in [0.1, 0.15) is 0 Å². The van der Waals surface area contributed by atoms with E-state index in [9.17, 15) is 4.79 Å². The lowest BCUT2D eigenvalue weighted by Gasteiger charge is -2.33. The molecule has 0 radical (unpaired) electrons. The van der Waals surface area contributed by atoms with Gasteiger partial charge in [-0.2, -0.15) is 0 Å². The van der Waals surface area contributed by atoms with Crippen LogP contribution in [0.25, 0.3) is 0 Å². The van der Waals surface area contributed by atoms with Crippen LogP contribution in [0.3, 0.4) is 0 Å². The highest BCUT2D eigenvalue weighted by Crippen LogP contribution is 2.09. The van der Waals surface area contributed by atoms with Gasteiger partial charge < -0.3 is 4.90 Å². The largest absolute Gasteiger partial charge is 0.301 e. The summed E-state index contributed by atoms with van der Waals surface area (Å²) in [5.74, 6) is 0.233. The zero-order chi connectivity index (χ0) is 13.0. The molecule has 1 aromatic rings. The molecule has 0 aromatic heterocycles. The van der Waals surface area contributed by atoms with E-state index < -0.39 is 0 Å². The maximum absolute atomic E-state index is 12.1. The van der Waals surface area contributed by atoms with Crippen molar-refractivity contribution in [2.75, 3.05) is 39.3 Å². The Bertz CT molecular complexity index is 397. The maximum Gasteiger partial charge on any atom is 0.176 e. The number of halogens is 1. The molecule has 3 nitrogen and oxygen atoms in total. The third-order valence-electron chi connectivity index (χ3n) is 3.45. The smallest absolute Gasteiger partial charge is 0.176 e. The van der Waals surface area contributed by atoms with Crippen molar-refractivity contribution in [2.45, 2.75) is 6.92 Å². The molecular weight excluding hydrogens is 339 g/mol. The van der Waals surface area contributed by atoms with E-state index in [1.165, 1.54) is 3.57 Å². The Morgan fingerprint density at radius 1 is 1.11 bits per heavy atom. The molecule has 18 heavy (non-hydrogen) atoms. The van der Waals surface area contributed by atoms with Crippen molar-refractivity contribution in [1.82, 2.24) is 9.80 Å². The number of piperazine rings is 1. The highest BCUT2D eigenvalue weighted by atomic mass is 127. The molecule has 0 unspecified atom stereocenters. The summed E-state index contributed by atoms with van der Waals surface area (Å²) in [6, 6.07) is 7.82. The van der Waals surface area contributed by atoms with Gasteiger partial charge >= 0.3 is 0 Å². The first kappa shape index (κ1) is 14.0. The van der Waals surface area contributed by atoms with Gasteiger partial charge in [0.15, 0.2) is 5.78 Å². The molecule has 1 fully saturated rings. The minimum Gasteiger partial charge on any atom is -0.301 e. The number of rotatable bonds is 4. The number of hydrogen-bond donors (Lipinski definition) is 0. The number of nitrogens with zero attached hydrogens (tertiary/aromatic N) is 2. The van der Waals surface area contributed by atoms with Gasteiger partial charge in [0.05, 0.1) is 6.54 Å². The molecule has 0 atom stereocenters. The van der Waals surface area contributed by atoms with Crippen molar-refractivity contribution < 1.29 is 4.79 Å². The molecule has 0 spiro atoms. The van der Waals surface area contributed by atoms with Gasteiger partial charge in [-0.05, 0) is 41.3 Å². The van der Waals surface area contributed by atoms with Crippen molar-refractivity contribution in [1.29, 1.82) is 0 Å². The number of Topliss-reactive ketones (excluding diaryl/α,β-unsaturated/α-hetero) is 1. The molecule has 1 aliphatic rings. The summed E-state index contributed by atoms with van der Waals surface area (Å²) >= 11 is 2.25. The third kappa shape index (κ3) is 3.76. The average Bonchev–Trinajstić information content (AvgIpc) is 2.40. The number of likely N-dealkylation sites (N-methyl/N-ethyl adjacent to an activating group) is 1. The van der Waals surface area contributed by atoms with E-state index >= 15 is 0 Å². The van der Waals surface area contributed by atoms with E-state index in [4.69, 9.17) is 0 Å². The van der Waals surface area contributed by atoms with Crippen molar-refractivity contribution in [3.8, 4) is 0 Å². The Hall–Kier alpha value is -0.460. The summed E-state index contributed by atoms with van der Waals surface area (Å²) in [4.78, 5) is 16.8. The van der Waals surface area contributed by atoms with Crippen LogP contribution in [-0.2, 0) is 0 Å². The molecule has 1 heterocycles. The van der Waals surface area contributed by atoms with Crippen LogP contribution in [0.15, 0.2) is 24.3 Å². The van der Waals surface area contributed by atoms with E-state index in [1.807, 2.05) is 24.3 Å². The Morgan fingerprint density at radius 3 is 2.22 bits per heavy atom. The van der Waals surface area contributed by atoms with Gasteiger partial charge in [-0.1, -0.05) is 19.1 Å². The van der Waals surface area contributed by atoms with Crippen molar-refractivity contribution in [2.24, 2.45) is 0 Å². The molecule has 0 amide bonds. The molecule has 1 aliphatic heterocycles. The Labute approximate surface area is 122 Å². The fourth-order valence-electron chi connectivity index (χ4n) is 2.19. The summed E-state index contributed by atoms with van der Waals surface area (Å²) in [7, 11) is 0. The molecule has 0 aliphatic carbocycles. The van der Waals surface area contributed by atoms with Crippen molar-refractivity contribution in [3.63, 3.8) is 0 Å². The zero-order valence-electron chi connectivity index (χ0n) is 10.7. The Kier molecular flexibility index (Phi) is 5.14. The van der Waals surface area contributed by atoms with Crippen LogP contribution in [0.5, 0.6) is 0 Å². The van der Waals surface area contributed by atoms with Crippen LogP contribution in [0.1, 0.15) is 17.3 Å². The van der Waals surface area contributed by atoms with Gasteiger partial charge in [0.2, 0.25) is 0 Å². The summed E-state index contributed by atoms with van der Waals surface area (Å²) in [6.45, 7) is 8.02. The minimum atomic E-state index is 0.233. The van der Waals surface area contributed by atoms with E-state index in [-0.39, 0.29) is 5.78 Å². The second kappa shape index (κ2) is 6.63. The third-order valence-corrected chi connectivity index (χ3v) is 4.16. The van der Waals surface area contributed by atoms with Gasteiger partial charge in [-0.3, -0.25) is 9.69 Å². The Morgan fingerprint density at radius 2 is 1.67 bits per heavy atom. The van der Waals surface area contributed by atoms with Crippen LogP contribution in [0, 0.1) is 3.57 Å². The molecule has 0 N–H and O–H groups in total. The maximum atomic E-state index is 12.1. The van der Waals surface area contributed by atoms with Crippen LogP contribution in [-0.4, -0.2) is 54.9 Å². The van der Waals surface area contributed by atoms with Crippen molar-refractivity contribution in [3.05, 3.63) is 33.4 Å². The summed E-state index contributed by atoms with van der Waals surface area (Å²) < 4.78 is 1.17. The van der Waals surface area contributed by atoms with Crippen molar-refractivity contribution >= 4 is 28.4 Å². The monoisotopic (exact) mass is 358 g/mol. The van der Waals surface area contributed by atoms with Crippen LogP contribution in [0.2, 0.25) is 0 Å². The standard InChI is InChI=1S/C14H19IN2O/c1-2-16-7-9-17(10-8-16)11-14(18)12-3-5-13(15)6-4-12/h3-6H,2,7-11H2,1H3. The Balaban J connectivity index is 1.86. The molecule has 1 saturated heterocycles. The minimum absolute atomic E-state index is 0.233. The lowest BCUT2D eigenvalue weighted by atomic mass is 10.1. The first-order chi connectivity index (χ1) is 8.69. The lowest BCUT2D eigenvalue weighted by molar-refractivity contribution is 0.0859. The molecule has 4 heteroatoms. The van der Waals surface area contributed by atoms with E-state index in [2.05, 4.69) is 39.3 Å². The second-order valence-electron chi connectivity index (χ2n) is 4.64. The average molecular weight is 358 g/mol. The number of carbonyl (C=O) groups is 1. The van der Waals surface area contributed by atoms with E-state index in [0.717, 1.165) is 38.3 Å². The predicted molar refractivity (Wildman–Crippen MR) is 82.0 cm³/mol. The van der Waals surface area contributed by atoms with Gasteiger partial charge in [-0.15, -0.1) is 0 Å². The first-order valence-corrected chi connectivity index (χ1v) is 7.50. The summed E-state index contributed by atoms with van der Waals surface area (Å²) in [5, 5.41) is 0. The van der Waals surface area contributed by atoms with Crippen LogP contribution in [0.4, 0.5) is 0 Å². The lowest BCUT2D eigenvalue weighted by Crippen LogP contribution is -2.47. The molecule has 0 saturated carbocycles. The summed E-state index contributed by atoms with van der Waals surface area (Å²) in [6.07, 6.45) is 0. The predicted octanol–water partition coefficient (Wildman–Crippen LogP) is 2.11. The zero-order valence-corrected chi connectivity index (χ0v) is 12.9. The van der Waals surface area contributed by atoms with E-state index in [1.54, 1.807) is 0 Å². The molecule has 2 rings (SSSR count). The SMILES string of the molecule is CCN1CCN(CC(=O)c2ccc(I)cc2)CC1. The quantitative estimate of drug-likeness (QED) is 0.609. The van der Waals surface area contributed by atoms with E-state index in [0.29, 0.717) is 6.54 Å². The van der Waals surface area contributed by atoms with Crippen LogP contribution >= 0.6 is 22.6 Å². The van der Waals surface area contributed by atoms with Crippen LogP contribution < -0.4 is 0 Å². The molecular formula is C14H19IN2O. The first-order valence-electron chi connectivity index (χ1n) is 6.42. The fourth-order valence-corrected chi connectivity index (χ4v) is 2.55. The van der Waals surface area contributed by atoms with Gasteiger partial charge in [-0.25, -0.2) is 0 Å². The number of benzene rings is 1. The van der Waals surface area contributed by atoms with Gasteiger partial charge in [0.25, 0.3) is 0 Å². The number of carbonyl (C=O) groups excluding carboxylic acids is 1. The number of hydrogen-bond acceptors (Lipinski definition) is 3. The highest BCUT2D eigenvalue weighted by Gasteiger charge is 2.18. The summed E-state index contributed by atoms with van der Waals surface area (Å²) in [5.41, 5.74) is 0.827. The highest BCUT2D eigenvalue weighted by molar-refractivity contribution is 14.1. The number of ketones is 1. The molecule has 1 aromatic carbocycles. The fraction of sp³-hybridized carbons (Fsp3) is 0.500. The second-order valence-corrected chi connectivity index (χ2v) is 5.89. The normalized spacial score (nSPS) is 17.9.